The fourth-order valence-electron chi connectivity index (χ4n) is 1.48. The highest BCUT2D eigenvalue weighted by molar-refractivity contribution is 9.08. The number of halogens is 1. The van der Waals surface area contributed by atoms with E-state index in [1.807, 2.05) is 6.07 Å². The molecule has 0 radical (unpaired) electrons. The molecule has 74 valence electrons. The number of fused-ring (bicyclic) bond motifs is 1. The lowest BCUT2D eigenvalue weighted by Gasteiger charge is -2.00. The molecule has 1 nitrogen and oxygen atoms in total. The van der Waals surface area contributed by atoms with E-state index in [1.165, 1.54) is 9.58 Å². The fourth-order valence-corrected chi connectivity index (χ4v) is 2.93. The van der Waals surface area contributed by atoms with E-state index in [4.69, 9.17) is 0 Å². The Labute approximate surface area is 95.5 Å². The molecule has 0 aliphatic carbocycles. The second-order valence-corrected chi connectivity index (χ2v) is 4.91. The van der Waals surface area contributed by atoms with Crippen LogP contribution >= 0.6 is 27.3 Å². The highest BCUT2D eigenvalue weighted by Gasteiger charge is 2.08. The molecule has 0 aliphatic rings. The predicted molar refractivity (Wildman–Crippen MR) is 65.5 cm³/mol. The van der Waals surface area contributed by atoms with E-state index in [9.17, 15) is 5.11 Å². The first-order valence-corrected chi connectivity index (χ1v) is 6.49. The van der Waals surface area contributed by atoms with Crippen molar-refractivity contribution >= 4 is 37.4 Å². The van der Waals surface area contributed by atoms with Crippen LogP contribution in [0.2, 0.25) is 0 Å². The molecule has 0 fully saturated rings. The summed E-state index contributed by atoms with van der Waals surface area (Å²) in [6, 6.07) is 6.14. The SMILES string of the molecule is CCc1cc2c(O)c(CBr)ccc2s1. The summed E-state index contributed by atoms with van der Waals surface area (Å²) in [6.45, 7) is 2.13. The Bertz CT molecular complexity index is 462. The van der Waals surface area contributed by atoms with Crippen molar-refractivity contribution in [1.29, 1.82) is 0 Å². The van der Waals surface area contributed by atoms with Gasteiger partial charge in [0.25, 0.3) is 0 Å². The molecule has 1 N–H and O–H groups in total. The molecule has 1 heterocycles. The Hall–Kier alpha value is -0.540. The summed E-state index contributed by atoms with van der Waals surface area (Å²) >= 11 is 5.12. The van der Waals surface area contributed by atoms with Crippen LogP contribution in [0.25, 0.3) is 10.1 Å². The van der Waals surface area contributed by atoms with E-state index in [0.29, 0.717) is 11.1 Å². The van der Waals surface area contributed by atoms with Crippen LogP contribution in [-0.4, -0.2) is 5.11 Å². The largest absolute Gasteiger partial charge is 0.507 e. The minimum atomic E-state index is 0.426. The standard InChI is InChI=1S/C11H11BrOS/c1-2-8-5-9-10(14-8)4-3-7(6-12)11(9)13/h3-5,13H,2,6H2,1H3. The fraction of sp³-hybridized carbons (Fsp3) is 0.273. The maximum absolute atomic E-state index is 9.94. The van der Waals surface area contributed by atoms with E-state index in [-0.39, 0.29) is 0 Å². The maximum atomic E-state index is 9.94. The van der Waals surface area contributed by atoms with Crippen LogP contribution in [0.1, 0.15) is 17.4 Å². The van der Waals surface area contributed by atoms with Gasteiger partial charge in [-0.15, -0.1) is 11.3 Å². The minimum Gasteiger partial charge on any atom is -0.507 e. The number of aryl methyl sites for hydroxylation is 1. The van der Waals surface area contributed by atoms with E-state index in [0.717, 1.165) is 17.4 Å². The van der Waals surface area contributed by atoms with Crippen LogP contribution in [0.4, 0.5) is 0 Å². The zero-order valence-corrected chi connectivity index (χ0v) is 10.3. The summed E-state index contributed by atoms with van der Waals surface area (Å²) in [4.78, 5) is 1.32. The Morgan fingerprint density at radius 2 is 2.21 bits per heavy atom. The lowest BCUT2D eigenvalue weighted by atomic mass is 10.1. The molecular formula is C11H11BrOS. The number of hydrogen-bond acceptors (Lipinski definition) is 2. The van der Waals surface area contributed by atoms with Gasteiger partial charge in [0, 0.05) is 25.9 Å². The Morgan fingerprint density at radius 3 is 2.86 bits per heavy atom. The van der Waals surface area contributed by atoms with Gasteiger partial charge in [-0.3, -0.25) is 0 Å². The van der Waals surface area contributed by atoms with E-state index in [1.54, 1.807) is 11.3 Å². The van der Waals surface area contributed by atoms with Crippen LogP contribution in [0.15, 0.2) is 18.2 Å². The molecule has 2 aromatic rings. The molecule has 0 aliphatic heterocycles. The van der Waals surface area contributed by atoms with Crippen molar-refractivity contribution in [2.24, 2.45) is 0 Å². The van der Waals surface area contributed by atoms with Crippen molar-refractivity contribution in [3.63, 3.8) is 0 Å². The van der Waals surface area contributed by atoms with Crippen molar-refractivity contribution < 1.29 is 5.11 Å². The molecule has 3 heteroatoms. The molecule has 14 heavy (non-hydrogen) atoms. The zero-order chi connectivity index (χ0) is 10.1. The van der Waals surface area contributed by atoms with Gasteiger partial charge < -0.3 is 5.11 Å². The predicted octanol–water partition coefficient (Wildman–Crippen LogP) is 4.06. The first kappa shape index (κ1) is 9.99. The van der Waals surface area contributed by atoms with Crippen molar-refractivity contribution in [3.05, 3.63) is 28.6 Å². The Kier molecular flexibility index (Phi) is 2.79. The number of thiophene rings is 1. The van der Waals surface area contributed by atoms with Crippen LogP contribution in [-0.2, 0) is 11.8 Å². The quantitative estimate of drug-likeness (QED) is 0.816. The number of hydrogen-bond donors (Lipinski definition) is 1. The van der Waals surface area contributed by atoms with Gasteiger partial charge >= 0.3 is 0 Å². The second-order valence-electron chi connectivity index (χ2n) is 3.19. The molecule has 0 saturated carbocycles. The minimum absolute atomic E-state index is 0.426. The monoisotopic (exact) mass is 270 g/mol. The van der Waals surface area contributed by atoms with Crippen molar-refractivity contribution in [3.8, 4) is 5.75 Å². The maximum Gasteiger partial charge on any atom is 0.128 e. The zero-order valence-electron chi connectivity index (χ0n) is 7.88. The van der Waals surface area contributed by atoms with Gasteiger partial charge in [0.15, 0.2) is 0 Å². The van der Waals surface area contributed by atoms with Crippen molar-refractivity contribution in [1.82, 2.24) is 0 Å². The van der Waals surface area contributed by atoms with E-state index >= 15 is 0 Å². The van der Waals surface area contributed by atoms with E-state index < -0.39 is 0 Å². The van der Waals surface area contributed by atoms with Crippen LogP contribution in [0.3, 0.4) is 0 Å². The topological polar surface area (TPSA) is 20.2 Å². The highest BCUT2D eigenvalue weighted by atomic mass is 79.9. The van der Waals surface area contributed by atoms with E-state index in [2.05, 4.69) is 35.0 Å². The molecule has 0 saturated heterocycles. The molecule has 0 atom stereocenters. The number of benzene rings is 1. The van der Waals surface area contributed by atoms with Gasteiger partial charge in [-0.2, -0.15) is 0 Å². The Balaban J connectivity index is 2.68. The molecular weight excluding hydrogens is 260 g/mol. The number of alkyl halides is 1. The molecule has 2 rings (SSSR count). The summed E-state index contributed by atoms with van der Waals surface area (Å²) in [5.74, 6) is 0.426. The third-order valence-corrected chi connectivity index (χ3v) is 4.15. The average molecular weight is 271 g/mol. The molecule has 1 aromatic heterocycles. The smallest absolute Gasteiger partial charge is 0.128 e. The van der Waals surface area contributed by atoms with Crippen LogP contribution in [0.5, 0.6) is 5.75 Å². The molecule has 0 unspecified atom stereocenters. The normalized spacial score (nSPS) is 11.0. The Morgan fingerprint density at radius 1 is 1.43 bits per heavy atom. The van der Waals surface area contributed by atoms with Gasteiger partial charge in [-0.1, -0.05) is 28.9 Å². The lowest BCUT2D eigenvalue weighted by molar-refractivity contribution is 0.477. The lowest BCUT2D eigenvalue weighted by Crippen LogP contribution is -1.78. The summed E-state index contributed by atoms with van der Waals surface area (Å²) < 4.78 is 1.17. The second kappa shape index (κ2) is 3.91. The van der Waals surface area contributed by atoms with Crippen molar-refractivity contribution in [2.45, 2.75) is 18.7 Å². The van der Waals surface area contributed by atoms with Gasteiger partial charge in [-0.05, 0) is 18.6 Å². The van der Waals surface area contributed by atoms with Gasteiger partial charge in [-0.25, -0.2) is 0 Å². The summed E-state index contributed by atoms with van der Waals surface area (Å²) in [5, 5.41) is 11.6. The molecule has 0 bridgehead atoms. The molecule has 0 amide bonds. The highest BCUT2D eigenvalue weighted by Crippen LogP contribution is 2.35. The summed E-state index contributed by atoms with van der Waals surface area (Å²) in [7, 11) is 0. The van der Waals surface area contributed by atoms with Crippen LogP contribution in [0, 0.1) is 0 Å². The van der Waals surface area contributed by atoms with Gasteiger partial charge in [0.05, 0.1) is 0 Å². The van der Waals surface area contributed by atoms with Gasteiger partial charge in [0.1, 0.15) is 5.75 Å². The number of rotatable bonds is 2. The number of aromatic hydroxyl groups is 1. The first-order valence-electron chi connectivity index (χ1n) is 4.55. The third kappa shape index (κ3) is 1.55. The van der Waals surface area contributed by atoms with Gasteiger partial charge in [0.2, 0.25) is 0 Å². The number of phenols is 1. The first-order chi connectivity index (χ1) is 6.76. The summed E-state index contributed by atoms with van der Waals surface area (Å²) in [5.41, 5.74) is 0.956. The average Bonchev–Trinajstić information content (AvgIpc) is 2.62. The third-order valence-electron chi connectivity index (χ3n) is 2.30. The molecule has 1 aromatic carbocycles. The summed E-state index contributed by atoms with van der Waals surface area (Å²) in [6.07, 6.45) is 1.03. The number of phenolic OH excluding ortho intramolecular Hbond substituents is 1. The molecule has 0 spiro atoms. The van der Waals surface area contributed by atoms with Crippen molar-refractivity contribution in [2.75, 3.05) is 0 Å². The van der Waals surface area contributed by atoms with Crippen LogP contribution < -0.4 is 0 Å².